The van der Waals surface area contributed by atoms with Crippen LogP contribution in [0.3, 0.4) is 0 Å². The van der Waals surface area contributed by atoms with Crippen LogP contribution in [0.25, 0.3) is 0 Å². The topological polar surface area (TPSA) is 125 Å². The van der Waals surface area contributed by atoms with Gasteiger partial charge in [0.15, 0.2) is 0 Å². The number of carbonyl (C=O) groups excluding carboxylic acids is 3. The van der Waals surface area contributed by atoms with Crippen LogP contribution in [0.2, 0.25) is 0 Å². The van der Waals surface area contributed by atoms with E-state index in [1.165, 1.54) is 0 Å². The van der Waals surface area contributed by atoms with Crippen molar-refractivity contribution in [2.75, 3.05) is 32.8 Å². The van der Waals surface area contributed by atoms with Gasteiger partial charge < -0.3 is 30.7 Å². The van der Waals surface area contributed by atoms with Gasteiger partial charge in [0.1, 0.15) is 24.4 Å². The van der Waals surface area contributed by atoms with Crippen LogP contribution in [0, 0.1) is 5.92 Å². The number of aliphatic hydroxyl groups excluding tert-OH is 1. The normalized spacial score (nSPS) is 26.4. The number of nitrogens with one attached hydrogen (secondary N) is 1. The molecule has 180 valence electrons. The lowest BCUT2D eigenvalue weighted by Gasteiger charge is -2.41. The van der Waals surface area contributed by atoms with Crippen LogP contribution in [0.1, 0.15) is 50.1 Å². The van der Waals surface area contributed by atoms with Gasteiger partial charge >= 0.3 is 0 Å². The van der Waals surface area contributed by atoms with Crippen LogP contribution in [0.5, 0.6) is 5.75 Å². The Hall–Kier alpha value is -2.65. The van der Waals surface area contributed by atoms with Gasteiger partial charge in [0.05, 0.1) is 18.6 Å². The summed E-state index contributed by atoms with van der Waals surface area (Å²) in [5.41, 5.74) is 6.31. The van der Waals surface area contributed by atoms with Crippen LogP contribution >= 0.6 is 0 Å². The number of hydrogen-bond acceptors (Lipinski definition) is 6. The Bertz CT molecular complexity index is 878. The third-order valence-corrected chi connectivity index (χ3v) is 6.93. The van der Waals surface area contributed by atoms with E-state index in [1.54, 1.807) is 15.9 Å². The van der Waals surface area contributed by atoms with Gasteiger partial charge in [0, 0.05) is 13.1 Å². The van der Waals surface area contributed by atoms with E-state index in [0.717, 1.165) is 31.2 Å². The monoisotopic (exact) mass is 458 g/mol. The van der Waals surface area contributed by atoms with Crippen LogP contribution in [0.4, 0.5) is 0 Å². The number of fused-ring (bicyclic) bond motifs is 2. The van der Waals surface area contributed by atoms with E-state index in [1.807, 2.05) is 18.2 Å². The van der Waals surface area contributed by atoms with E-state index in [9.17, 15) is 14.4 Å². The molecule has 9 heteroatoms. The van der Waals surface area contributed by atoms with Gasteiger partial charge in [0.2, 0.25) is 17.7 Å². The maximum atomic E-state index is 13.5. The van der Waals surface area contributed by atoms with E-state index < -0.39 is 24.0 Å². The summed E-state index contributed by atoms with van der Waals surface area (Å²) in [5, 5.41) is 12.1. The Morgan fingerprint density at radius 1 is 1.18 bits per heavy atom. The molecule has 33 heavy (non-hydrogen) atoms. The average molecular weight is 459 g/mol. The summed E-state index contributed by atoms with van der Waals surface area (Å²) in [4.78, 5) is 43.4. The molecule has 4 N–H and O–H groups in total. The van der Waals surface area contributed by atoms with Crippen molar-refractivity contribution < 1.29 is 24.2 Å². The van der Waals surface area contributed by atoms with Crippen LogP contribution in [0.15, 0.2) is 24.3 Å². The minimum absolute atomic E-state index is 0.0481. The number of rotatable bonds is 10. The molecule has 0 saturated carbocycles. The number of aliphatic hydroxyl groups is 1. The van der Waals surface area contributed by atoms with Crippen LogP contribution in [-0.2, 0) is 14.4 Å². The zero-order chi connectivity index (χ0) is 23.4. The molecule has 3 amide bonds. The van der Waals surface area contributed by atoms with Crippen molar-refractivity contribution in [2.24, 2.45) is 11.7 Å². The Labute approximate surface area is 194 Å². The molecule has 9 nitrogen and oxygen atoms in total. The molecule has 4 atom stereocenters. The SMILES string of the molecule is NCCCCCNC(=O)[C@@H]1C[C@@H]2C(=O)N3CCC[C@H]3C(=O)N2[C@@H]1c1cccc(OCCO)c1. The highest BCUT2D eigenvalue weighted by atomic mass is 16.5. The zero-order valence-electron chi connectivity index (χ0n) is 18.9. The maximum absolute atomic E-state index is 13.5. The molecule has 3 aliphatic heterocycles. The fourth-order valence-electron chi connectivity index (χ4n) is 5.42. The van der Waals surface area contributed by atoms with E-state index >= 15 is 0 Å². The highest BCUT2D eigenvalue weighted by Gasteiger charge is 2.57. The minimum Gasteiger partial charge on any atom is -0.491 e. The molecule has 0 aliphatic carbocycles. The van der Waals surface area contributed by atoms with Gasteiger partial charge in [-0.3, -0.25) is 14.4 Å². The lowest BCUT2D eigenvalue weighted by atomic mass is 9.92. The molecule has 0 unspecified atom stereocenters. The van der Waals surface area contributed by atoms with Gasteiger partial charge in [-0.1, -0.05) is 18.6 Å². The maximum Gasteiger partial charge on any atom is 0.246 e. The summed E-state index contributed by atoms with van der Waals surface area (Å²) in [6, 6.07) is 5.70. The van der Waals surface area contributed by atoms with Gasteiger partial charge in [-0.2, -0.15) is 0 Å². The second kappa shape index (κ2) is 10.5. The molecule has 0 bridgehead atoms. The van der Waals surface area contributed by atoms with Crippen molar-refractivity contribution in [3.05, 3.63) is 29.8 Å². The lowest BCUT2D eigenvalue weighted by Crippen LogP contribution is -2.60. The van der Waals surface area contributed by atoms with E-state index in [2.05, 4.69) is 5.32 Å². The molecule has 0 aromatic heterocycles. The second-order valence-corrected chi connectivity index (χ2v) is 9.02. The molecule has 0 spiro atoms. The first-order chi connectivity index (χ1) is 16.1. The van der Waals surface area contributed by atoms with Crippen molar-refractivity contribution in [3.8, 4) is 5.75 Å². The molecule has 1 aromatic rings. The van der Waals surface area contributed by atoms with Crippen molar-refractivity contribution in [3.63, 3.8) is 0 Å². The Kier molecular flexibility index (Phi) is 7.49. The average Bonchev–Trinajstić information content (AvgIpc) is 3.47. The number of amides is 3. The summed E-state index contributed by atoms with van der Waals surface area (Å²) >= 11 is 0. The number of hydrogen-bond donors (Lipinski definition) is 3. The number of ether oxygens (including phenoxy) is 1. The fourth-order valence-corrected chi connectivity index (χ4v) is 5.42. The van der Waals surface area contributed by atoms with Gasteiger partial charge in [-0.05, 0) is 56.3 Å². The predicted octanol–water partition coefficient (Wildman–Crippen LogP) is 0.566. The number of carbonyl (C=O) groups is 3. The quantitative estimate of drug-likeness (QED) is 0.440. The summed E-state index contributed by atoms with van der Waals surface area (Å²) in [7, 11) is 0. The van der Waals surface area contributed by atoms with E-state index in [0.29, 0.717) is 38.2 Å². The highest BCUT2D eigenvalue weighted by Crippen LogP contribution is 2.46. The minimum atomic E-state index is -0.619. The molecule has 4 rings (SSSR count). The van der Waals surface area contributed by atoms with Crippen molar-refractivity contribution in [1.82, 2.24) is 15.1 Å². The second-order valence-electron chi connectivity index (χ2n) is 9.02. The fraction of sp³-hybridized carbons (Fsp3) is 0.625. The number of nitrogens with two attached hydrogens (primary N) is 1. The predicted molar refractivity (Wildman–Crippen MR) is 121 cm³/mol. The first-order valence-electron chi connectivity index (χ1n) is 12.0. The smallest absolute Gasteiger partial charge is 0.246 e. The molecule has 0 radical (unpaired) electrons. The Morgan fingerprint density at radius 2 is 2.03 bits per heavy atom. The molecular formula is C24H34N4O5. The molecule has 3 fully saturated rings. The Morgan fingerprint density at radius 3 is 2.82 bits per heavy atom. The molecule has 1 aromatic carbocycles. The highest BCUT2D eigenvalue weighted by molar-refractivity contribution is 5.99. The van der Waals surface area contributed by atoms with Crippen molar-refractivity contribution in [1.29, 1.82) is 0 Å². The lowest BCUT2D eigenvalue weighted by molar-refractivity contribution is -0.159. The third-order valence-electron chi connectivity index (χ3n) is 6.93. The first kappa shape index (κ1) is 23.5. The standard InChI is InChI=1S/C24H34N4O5/c25-9-2-1-3-10-26-22(30)18-15-20-23(31)27-11-5-8-19(27)24(32)28(20)21(18)16-6-4-7-17(14-16)33-13-12-29/h4,6-7,14,18-21,29H,1-3,5,8-13,15,25H2,(H,26,30)/t18-,19+,20-,21-/m1/s1. The summed E-state index contributed by atoms with van der Waals surface area (Å²) in [6.45, 7) is 1.82. The van der Waals surface area contributed by atoms with Gasteiger partial charge in [0.25, 0.3) is 0 Å². The van der Waals surface area contributed by atoms with Crippen LogP contribution in [-0.4, -0.2) is 77.6 Å². The molecule has 3 aliphatic rings. The third kappa shape index (κ3) is 4.70. The van der Waals surface area contributed by atoms with E-state index in [4.69, 9.17) is 15.6 Å². The largest absolute Gasteiger partial charge is 0.491 e. The zero-order valence-corrected chi connectivity index (χ0v) is 18.9. The molecule has 3 saturated heterocycles. The number of unbranched alkanes of at least 4 members (excludes halogenated alkanes) is 2. The molecule has 3 heterocycles. The number of nitrogens with zero attached hydrogens (tertiary/aromatic N) is 2. The first-order valence-corrected chi connectivity index (χ1v) is 12.0. The van der Waals surface area contributed by atoms with Crippen molar-refractivity contribution in [2.45, 2.75) is 56.7 Å². The Balaban J connectivity index is 1.60. The van der Waals surface area contributed by atoms with Gasteiger partial charge in [-0.15, -0.1) is 0 Å². The summed E-state index contributed by atoms with van der Waals surface area (Å²) in [6.07, 6.45) is 4.50. The van der Waals surface area contributed by atoms with Crippen LogP contribution < -0.4 is 15.8 Å². The number of benzene rings is 1. The summed E-state index contributed by atoms with van der Waals surface area (Å²) < 4.78 is 5.57. The van der Waals surface area contributed by atoms with Crippen molar-refractivity contribution >= 4 is 17.7 Å². The molecular weight excluding hydrogens is 424 g/mol. The summed E-state index contributed by atoms with van der Waals surface area (Å²) in [5.74, 6) is -0.214. The van der Waals surface area contributed by atoms with Gasteiger partial charge in [-0.25, -0.2) is 0 Å². The van der Waals surface area contributed by atoms with E-state index in [-0.39, 0.29) is 30.9 Å². The number of piperazine rings is 1.